The number of hydrogen-bond donors (Lipinski definition) is 0. The lowest BCUT2D eigenvalue weighted by atomic mass is 9.60. The quantitative estimate of drug-likeness (QED) is 0.498. The molecule has 0 saturated heterocycles. The van der Waals surface area contributed by atoms with Gasteiger partial charge in [-0.25, -0.2) is 0 Å². The predicted octanol–water partition coefficient (Wildman–Crippen LogP) is 2.48. The largest absolute Gasteiger partial charge is 0.265 e. The molecule has 0 radical (unpaired) electrons. The SMILES string of the molecule is O=[N+]([O-])CCC1CCC[C@@H]2CCC12. The highest BCUT2D eigenvalue weighted by atomic mass is 16.6. The summed E-state index contributed by atoms with van der Waals surface area (Å²) in [5.74, 6) is 2.47. The molecular formula is C10H17NO2. The first-order valence-electron chi connectivity index (χ1n) is 5.39. The maximum Gasteiger partial charge on any atom is 0.204 e. The second-order valence-electron chi connectivity index (χ2n) is 4.54. The lowest BCUT2D eigenvalue weighted by molar-refractivity contribution is -0.482. The Balaban J connectivity index is 1.80. The Bertz CT molecular complexity index is 205. The third-order valence-corrected chi connectivity index (χ3v) is 3.91. The predicted molar refractivity (Wildman–Crippen MR) is 50.0 cm³/mol. The standard InChI is InChI=1S/C10H17NO2/c12-11(13)7-6-9-3-1-2-8-4-5-10(8)9/h8-10H,1-7H2/t8-,9?,10?/m1/s1. The molecule has 0 aliphatic heterocycles. The van der Waals surface area contributed by atoms with Crippen molar-refractivity contribution in [3.8, 4) is 0 Å². The van der Waals surface area contributed by atoms with E-state index in [4.69, 9.17) is 0 Å². The van der Waals surface area contributed by atoms with Crippen LogP contribution in [-0.2, 0) is 0 Å². The molecule has 0 heterocycles. The summed E-state index contributed by atoms with van der Waals surface area (Å²) in [7, 11) is 0. The molecular weight excluding hydrogens is 166 g/mol. The zero-order valence-corrected chi connectivity index (χ0v) is 7.95. The van der Waals surface area contributed by atoms with E-state index in [2.05, 4.69) is 0 Å². The summed E-state index contributed by atoms with van der Waals surface area (Å²) in [6, 6.07) is 0. The molecule has 0 bridgehead atoms. The summed E-state index contributed by atoms with van der Waals surface area (Å²) in [4.78, 5) is 10.1. The molecule has 0 spiro atoms. The molecule has 0 aromatic heterocycles. The summed E-state index contributed by atoms with van der Waals surface area (Å²) in [6.45, 7) is 0.188. The monoisotopic (exact) mass is 183 g/mol. The number of hydrogen-bond acceptors (Lipinski definition) is 2. The maximum absolute atomic E-state index is 10.3. The van der Waals surface area contributed by atoms with Crippen LogP contribution < -0.4 is 0 Å². The lowest BCUT2D eigenvalue weighted by Crippen LogP contribution is -2.36. The van der Waals surface area contributed by atoms with Crippen molar-refractivity contribution in [2.75, 3.05) is 6.54 Å². The molecule has 2 fully saturated rings. The third-order valence-electron chi connectivity index (χ3n) is 3.91. The molecule has 0 N–H and O–H groups in total. The molecule has 2 rings (SSSR count). The van der Waals surface area contributed by atoms with Gasteiger partial charge in [-0.1, -0.05) is 12.8 Å². The van der Waals surface area contributed by atoms with E-state index >= 15 is 0 Å². The highest BCUT2D eigenvalue weighted by molar-refractivity contribution is 4.89. The Labute approximate surface area is 78.7 Å². The molecule has 0 aromatic rings. The Kier molecular flexibility index (Phi) is 2.51. The maximum atomic E-state index is 10.3. The Morgan fingerprint density at radius 3 is 2.69 bits per heavy atom. The number of nitro groups is 1. The molecule has 2 saturated carbocycles. The summed E-state index contributed by atoms with van der Waals surface area (Å²) in [5.41, 5.74) is 0. The molecule has 3 nitrogen and oxygen atoms in total. The molecule has 2 aliphatic carbocycles. The van der Waals surface area contributed by atoms with E-state index in [-0.39, 0.29) is 11.5 Å². The summed E-state index contributed by atoms with van der Waals surface area (Å²) in [5, 5.41) is 10.3. The van der Waals surface area contributed by atoms with Gasteiger partial charge in [-0.3, -0.25) is 10.1 Å². The molecule has 3 heteroatoms. The minimum atomic E-state index is -0.164. The average molecular weight is 183 g/mol. The Morgan fingerprint density at radius 1 is 1.23 bits per heavy atom. The Hall–Kier alpha value is -0.600. The first kappa shape index (κ1) is 8.97. The van der Waals surface area contributed by atoms with E-state index in [1.807, 2.05) is 0 Å². The van der Waals surface area contributed by atoms with Gasteiger partial charge >= 0.3 is 0 Å². The fourth-order valence-corrected chi connectivity index (χ4v) is 3.06. The number of fused-ring (bicyclic) bond motifs is 1. The van der Waals surface area contributed by atoms with Gasteiger partial charge in [0.05, 0.1) is 0 Å². The second kappa shape index (κ2) is 3.64. The van der Waals surface area contributed by atoms with Crippen LogP contribution in [0.25, 0.3) is 0 Å². The van der Waals surface area contributed by atoms with Crippen molar-refractivity contribution in [2.24, 2.45) is 17.8 Å². The zero-order chi connectivity index (χ0) is 9.26. The number of rotatable bonds is 3. The van der Waals surface area contributed by atoms with E-state index in [0.29, 0.717) is 5.92 Å². The van der Waals surface area contributed by atoms with Crippen LogP contribution >= 0.6 is 0 Å². The molecule has 2 aliphatic rings. The smallest absolute Gasteiger partial charge is 0.204 e. The average Bonchev–Trinajstić information content (AvgIpc) is 2.03. The van der Waals surface area contributed by atoms with Crippen molar-refractivity contribution < 1.29 is 4.92 Å². The van der Waals surface area contributed by atoms with Crippen molar-refractivity contribution in [2.45, 2.75) is 38.5 Å². The van der Waals surface area contributed by atoms with Crippen LogP contribution in [0.1, 0.15) is 38.5 Å². The van der Waals surface area contributed by atoms with Gasteiger partial charge in [0.15, 0.2) is 0 Å². The van der Waals surface area contributed by atoms with Gasteiger partial charge in [0.1, 0.15) is 0 Å². The van der Waals surface area contributed by atoms with Crippen LogP contribution in [0.5, 0.6) is 0 Å². The molecule has 2 unspecified atom stereocenters. The molecule has 0 aromatic carbocycles. The van der Waals surface area contributed by atoms with Gasteiger partial charge in [-0.05, 0) is 37.0 Å². The number of nitrogens with zero attached hydrogens (tertiary/aromatic N) is 1. The van der Waals surface area contributed by atoms with Crippen LogP contribution in [0.3, 0.4) is 0 Å². The highest BCUT2D eigenvalue weighted by Gasteiger charge is 2.39. The van der Waals surface area contributed by atoms with E-state index in [1.54, 1.807) is 0 Å². The van der Waals surface area contributed by atoms with Crippen LogP contribution in [0.15, 0.2) is 0 Å². The molecule has 74 valence electrons. The van der Waals surface area contributed by atoms with Gasteiger partial charge in [-0.15, -0.1) is 0 Å². The fraction of sp³-hybridized carbons (Fsp3) is 1.00. The van der Waals surface area contributed by atoms with Crippen molar-refractivity contribution in [1.29, 1.82) is 0 Å². The Morgan fingerprint density at radius 2 is 2.08 bits per heavy atom. The summed E-state index contributed by atoms with van der Waals surface area (Å²) >= 11 is 0. The van der Waals surface area contributed by atoms with Crippen LogP contribution in [0.2, 0.25) is 0 Å². The van der Waals surface area contributed by atoms with Crippen molar-refractivity contribution in [3.63, 3.8) is 0 Å². The van der Waals surface area contributed by atoms with Gasteiger partial charge in [0.2, 0.25) is 6.54 Å². The normalized spacial score (nSPS) is 37.7. The van der Waals surface area contributed by atoms with Crippen LogP contribution in [0, 0.1) is 27.9 Å². The van der Waals surface area contributed by atoms with E-state index in [9.17, 15) is 10.1 Å². The van der Waals surface area contributed by atoms with E-state index in [0.717, 1.165) is 18.3 Å². The fourth-order valence-electron chi connectivity index (χ4n) is 3.06. The van der Waals surface area contributed by atoms with Crippen LogP contribution in [-0.4, -0.2) is 11.5 Å². The molecule has 3 atom stereocenters. The lowest BCUT2D eigenvalue weighted by Gasteiger charge is -2.45. The third kappa shape index (κ3) is 1.84. The van der Waals surface area contributed by atoms with Gasteiger partial charge in [0, 0.05) is 11.3 Å². The van der Waals surface area contributed by atoms with Crippen molar-refractivity contribution in [1.82, 2.24) is 0 Å². The van der Waals surface area contributed by atoms with Crippen LogP contribution in [0.4, 0.5) is 0 Å². The van der Waals surface area contributed by atoms with E-state index in [1.165, 1.54) is 32.1 Å². The molecule has 13 heavy (non-hydrogen) atoms. The summed E-state index contributed by atoms with van der Waals surface area (Å²) in [6.07, 6.45) is 7.50. The zero-order valence-electron chi connectivity index (χ0n) is 7.95. The minimum absolute atomic E-state index is 0.164. The van der Waals surface area contributed by atoms with Gasteiger partial charge < -0.3 is 0 Å². The first-order valence-corrected chi connectivity index (χ1v) is 5.39. The van der Waals surface area contributed by atoms with Gasteiger partial charge in [0.25, 0.3) is 0 Å². The second-order valence-corrected chi connectivity index (χ2v) is 4.54. The highest BCUT2D eigenvalue weighted by Crippen LogP contribution is 2.49. The van der Waals surface area contributed by atoms with E-state index < -0.39 is 0 Å². The van der Waals surface area contributed by atoms with Gasteiger partial charge in [-0.2, -0.15) is 0 Å². The van der Waals surface area contributed by atoms with Crippen molar-refractivity contribution in [3.05, 3.63) is 10.1 Å². The van der Waals surface area contributed by atoms with Crippen molar-refractivity contribution >= 4 is 0 Å². The minimum Gasteiger partial charge on any atom is -0.265 e. The molecule has 0 amide bonds. The summed E-state index contributed by atoms with van der Waals surface area (Å²) < 4.78 is 0. The first-order chi connectivity index (χ1) is 6.27. The topological polar surface area (TPSA) is 43.1 Å².